The summed E-state index contributed by atoms with van der Waals surface area (Å²) in [5, 5.41) is 0. The van der Waals surface area contributed by atoms with Crippen LogP contribution < -0.4 is 5.56 Å². The molecule has 1 aliphatic rings. The molecule has 6 heteroatoms. The summed E-state index contributed by atoms with van der Waals surface area (Å²) in [5.41, 5.74) is 1.18. The monoisotopic (exact) mass is 385 g/mol. The second-order valence-electron chi connectivity index (χ2n) is 7.68. The van der Waals surface area contributed by atoms with Crippen LogP contribution in [0.5, 0.6) is 0 Å². The van der Waals surface area contributed by atoms with Crippen molar-refractivity contribution in [3.63, 3.8) is 0 Å². The van der Waals surface area contributed by atoms with Crippen LogP contribution in [0.3, 0.4) is 0 Å². The predicted molar refractivity (Wildman–Crippen MR) is 108 cm³/mol. The lowest BCUT2D eigenvalue weighted by molar-refractivity contribution is 0.0739. The first-order valence-electron chi connectivity index (χ1n) is 9.82. The highest BCUT2D eigenvalue weighted by atomic mass is 19.1. The van der Waals surface area contributed by atoms with Gasteiger partial charge in [0.1, 0.15) is 5.82 Å². The second-order valence-corrected chi connectivity index (χ2v) is 7.68. The van der Waals surface area contributed by atoms with Gasteiger partial charge in [0.15, 0.2) is 0 Å². The Labute approximate surface area is 165 Å². The molecule has 0 atom stereocenters. The summed E-state index contributed by atoms with van der Waals surface area (Å²) in [7, 11) is 3.47. The van der Waals surface area contributed by atoms with Crippen molar-refractivity contribution in [1.82, 2.24) is 14.4 Å². The maximum atomic E-state index is 13.7. The van der Waals surface area contributed by atoms with Gasteiger partial charge in [-0.25, -0.2) is 4.39 Å². The Balaban J connectivity index is 1.45. The molecule has 2 aromatic rings. The molecule has 28 heavy (non-hydrogen) atoms. The first-order chi connectivity index (χ1) is 13.4. The van der Waals surface area contributed by atoms with Gasteiger partial charge in [-0.1, -0.05) is 18.2 Å². The van der Waals surface area contributed by atoms with Crippen molar-refractivity contribution in [2.75, 3.05) is 33.2 Å². The van der Waals surface area contributed by atoms with E-state index < -0.39 is 0 Å². The van der Waals surface area contributed by atoms with Gasteiger partial charge in [0.05, 0.1) is 5.56 Å². The van der Waals surface area contributed by atoms with Crippen molar-refractivity contribution in [2.45, 2.75) is 19.3 Å². The molecule has 0 spiro atoms. The number of pyridine rings is 1. The maximum absolute atomic E-state index is 13.7. The quantitative estimate of drug-likeness (QED) is 0.768. The summed E-state index contributed by atoms with van der Waals surface area (Å²) in [5.74, 6) is 0.278. The van der Waals surface area contributed by atoms with Gasteiger partial charge in [0, 0.05) is 39.4 Å². The number of amides is 1. The van der Waals surface area contributed by atoms with Crippen LogP contribution >= 0.6 is 0 Å². The predicted octanol–water partition coefficient (Wildman–Crippen LogP) is 2.55. The molecule has 150 valence electrons. The molecule has 1 aromatic heterocycles. The van der Waals surface area contributed by atoms with E-state index in [4.69, 9.17) is 0 Å². The van der Waals surface area contributed by atoms with E-state index in [2.05, 4.69) is 4.90 Å². The molecule has 5 nitrogen and oxygen atoms in total. The van der Waals surface area contributed by atoms with Gasteiger partial charge in [0.25, 0.3) is 5.91 Å². The molecule has 0 saturated carbocycles. The number of rotatable bonds is 6. The van der Waals surface area contributed by atoms with E-state index >= 15 is 0 Å². The van der Waals surface area contributed by atoms with E-state index in [1.165, 1.54) is 16.7 Å². The molecule has 0 N–H and O–H groups in total. The third-order valence-electron chi connectivity index (χ3n) is 5.57. The molecule has 1 saturated heterocycles. The van der Waals surface area contributed by atoms with Gasteiger partial charge >= 0.3 is 0 Å². The molecule has 0 bridgehead atoms. The number of benzene rings is 1. The highest BCUT2D eigenvalue weighted by Crippen LogP contribution is 2.19. The minimum absolute atomic E-state index is 0.0578. The van der Waals surface area contributed by atoms with Gasteiger partial charge in [-0.2, -0.15) is 0 Å². The molecule has 1 fully saturated rings. The number of hydrogen-bond donors (Lipinski definition) is 0. The van der Waals surface area contributed by atoms with Crippen molar-refractivity contribution in [2.24, 2.45) is 13.0 Å². The fourth-order valence-electron chi connectivity index (χ4n) is 3.78. The number of piperidine rings is 1. The topological polar surface area (TPSA) is 45.6 Å². The molecule has 1 amide bonds. The summed E-state index contributed by atoms with van der Waals surface area (Å²) < 4.78 is 15.2. The zero-order chi connectivity index (χ0) is 20.1. The van der Waals surface area contributed by atoms with Crippen molar-refractivity contribution in [3.05, 3.63) is 69.9 Å². The summed E-state index contributed by atoms with van der Waals surface area (Å²) in [6.07, 6.45) is 4.37. The van der Waals surface area contributed by atoms with Crippen LogP contribution in [0.4, 0.5) is 4.39 Å². The van der Waals surface area contributed by atoms with Crippen molar-refractivity contribution >= 4 is 5.91 Å². The van der Waals surface area contributed by atoms with Gasteiger partial charge in [0.2, 0.25) is 5.56 Å². The lowest BCUT2D eigenvalue weighted by atomic mass is 9.95. The highest BCUT2D eigenvalue weighted by Gasteiger charge is 2.22. The Hall–Kier alpha value is -2.47. The molecule has 0 unspecified atom stereocenters. The average molecular weight is 385 g/mol. The van der Waals surface area contributed by atoms with Crippen LogP contribution in [0, 0.1) is 11.7 Å². The Bertz CT molecular complexity index is 872. The van der Waals surface area contributed by atoms with Crippen LogP contribution in [-0.4, -0.2) is 53.5 Å². The number of aromatic nitrogens is 1. The number of halogens is 1. The molecular weight excluding hydrogens is 357 g/mol. The van der Waals surface area contributed by atoms with Crippen LogP contribution in [0.2, 0.25) is 0 Å². The number of nitrogens with zero attached hydrogens (tertiary/aromatic N) is 3. The van der Waals surface area contributed by atoms with E-state index in [0.717, 1.165) is 44.5 Å². The Morgan fingerprint density at radius 1 is 1.18 bits per heavy atom. The normalized spacial score (nSPS) is 15.5. The SMILES string of the molecule is CN(CC1CCN(CCc2ccccc2F)CC1)C(=O)c1ccc(=O)n(C)c1. The summed E-state index contributed by atoms with van der Waals surface area (Å²) >= 11 is 0. The fraction of sp³-hybridized carbons (Fsp3) is 0.455. The van der Waals surface area contributed by atoms with E-state index in [-0.39, 0.29) is 17.3 Å². The number of carbonyl (C=O) groups is 1. The number of aryl methyl sites for hydroxylation is 1. The largest absolute Gasteiger partial charge is 0.341 e. The molecule has 2 heterocycles. The van der Waals surface area contributed by atoms with Crippen LogP contribution in [0.15, 0.2) is 47.4 Å². The van der Waals surface area contributed by atoms with E-state index in [9.17, 15) is 14.0 Å². The van der Waals surface area contributed by atoms with Gasteiger partial charge in [-0.05, 0) is 56.0 Å². The van der Waals surface area contributed by atoms with Gasteiger partial charge in [-0.15, -0.1) is 0 Å². The van der Waals surface area contributed by atoms with Crippen molar-refractivity contribution in [1.29, 1.82) is 0 Å². The Morgan fingerprint density at radius 2 is 1.89 bits per heavy atom. The summed E-state index contributed by atoms with van der Waals surface area (Å²) in [6, 6.07) is 9.97. The second kappa shape index (κ2) is 9.15. The van der Waals surface area contributed by atoms with Crippen molar-refractivity contribution in [3.8, 4) is 0 Å². The minimum atomic E-state index is -0.129. The van der Waals surface area contributed by atoms with Crippen LogP contribution in [0.25, 0.3) is 0 Å². The first kappa shape index (κ1) is 20.3. The molecule has 0 radical (unpaired) electrons. The standard InChI is InChI=1S/C22H28FN3O2/c1-24-16-19(7-8-21(24)27)22(28)25(2)15-17-9-12-26(13-10-17)14-11-18-5-3-4-6-20(18)23/h3-8,16-17H,9-15H2,1-2H3. The van der Waals surface area contributed by atoms with E-state index in [0.29, 0.717) is 18.0 Å². The fourth-order valence-corrected chi connectivity index (χ4v) is 3.78. The number of hydrogen-bond acceptors (Lipinski definition) is 3. The lowest BCUT2D eigenvalue weighted by Crippen LogP contribution is -2.40. The Morgan fingerprint density at radius 3 is 2.57 bits per heavy atom. The van der Waals surface area contributed by atoms with Crippen LogP contribution in [0.1, 0.15) is 28.8 Å². The third kappa shape index (κ3) is 5.07. The van der Waals surface area contributed by atoms with Crippen molar-refractivity contribution < 1.29 is 9.18 Å². The molecular formula is C22H28FN3O2. The lowest BCUT2D eigenvalue weighted by Gasteiger charge is -2.34. The van der Waals surface area contributed by atoms with Gasteiger partial charge in [-0.3, -0.25) is 9.59 Å². The molecule has 1 aliphatic heterocycles. The Kier molecular flexibility index (Phi) is 6.62. The minimum Gasteiger partial charge on any atom is -0.341 e. The third-order valence-corrected chi connectivity index (χ3v) is 5.57. The molecule has 3 rings (SSSR count). The molecule has 0 aliphatic carbocycles. The number of likely N-dealkylation sites (tertiary alicyclic amines) is 1. The zero-order valence-corrected chi connectivity index (χ0v) is 16.6. The van der Waals surface area contributed by atoms with Gasteiger partial charge < -0.3 is 14.4 Å². The smallest absolute Gasteiger partial charge is 0.255 e. The summed E-state index contributed by atoms with van der Waals surface area (Å²) in [4.78, 5) is 28.2. The maximum Gasteiger partial charge on any atom is 0.255 e. The van der Waals surface area contributed by atoms with E-state index in [1.54, 1.807) is 30.3 Å². The summed E-state index contributed by atoms with van der Waals surface area (Å²) in [6.45, 7) is 3.52. The zero-order valence-electron chi connectivity index (χ0n) is 16.6. The molecule has 1 aromatic carbocycles. The first-order valence-corrected chi connectivity index (χ1v) is 9.82. The highest BCUT2D eigenvalue weighted by molar-refractivity contribution is 5.93. The average Bonchev–Trinajstić information content (AvgIpc) is 2.70. The van der Waals surface area contributed by atoms with E-state index in [1.807, 2.05) is 19.2 Å². The van der Waals surface area contributed by atoms with Crippen LogP contribution in [-0.2, 0) is 13.5 Å². The number of carbonyl (C=O) groups excluding carboxylic acids is 1.